The van der Waals surface area contributed by atoms with Crippen molar-refractivity contribution in [1.82, 2.24) is 0 Å². The van der Waals surface area contributed by atoms with E-state index in [0.717, 1.165) is 12.3 Å². The average molecular weight is 635 g/mol. The van der Waals surface area contributed by atoms with Gasteiger partial charge in [0.15, 0.2) is 0 Å². The maximum absolute atomic E-state index is 8.86. The molecule has 1 nitrogen and oxygen atoms in total. The van der Waals surface area contributed by atoms with Gasteiger partial charge in [0, 0.05) is 6.61 Å². The first-order valence-corrected chi connectivity index (χ1v) is 22.0. The van der Waals surface area contributed by atoms with Gasteiger partial charge in [-0.05, 0) is 12.3 Å². The SMILES string of the molecule is CCCCCCCCCCCCCCC(CCCCCCCCCCCC)CCCCCCCCCCCCCCCCCO. The van der Waals surface area contributed by atoms with Crippen LogP contribution in [0.3, 0.4) is 0 Å². The smallest absolute Gasteiger partial charge is 0.0431 e. The fraction of sp³-hybridized carbons (Fsp3) is 1.00. The summed E-state index contributed by atoms with van der Waals surface area (Å²) in [5, 5.41) is 8.86. The summed E-state index contributed by atoms with van der Waals surface area (Å²) >= 11 is 0. The Balaban J connectivity index is 3.86. The van der Waals surface area contributed by atoms with E-state index in [4.69, 9.17) is 5.11 Å². The summed E-state index contributed by atoms with van der Waals surface area (Å²) in [6.07, 6.45) is 57.9. The highest BCUT2D eigenvalue weighted by molar-refractivity contribution is 4.62. The molecule has 0 aliphatic heterocycles. The molecule has 1 atom stereocenters. The first-order valence-electron chi connectivity index (χ1n) is 22.0. The first kappa shape index (κ1) is 45.0. The maximum Gasteiger partial charge on any atom is 0.0431 e. The van der Waals surface area contributed by atoms with Gasteiger partial charge < -0.3 is 5.11 Å². The van der Waals surface area contributed by atoms with Crippen LogP contribution >= 0.6 is 0 Å². The zero-order valence-corrected chi connectivity index (χ0v) is 32.0. The number of rotatable bonds is 41. The topological polar surface area (TPSA) is 20.2 Å². The molecule has 1 heteroatoms. The lowest BCUT2D eigenvalue weighted by molar-refractivity contribution is 0.282. The third-order valence-corrected chi connectivity index (χ3v) is 10.7. The van der Waals surface area contributed by atoms with Gasteiger partial charge in [0.2, 0.25) is 0 Å². The van der Waals surface area contributed by atoms with E-state index in [1.807, 2.05) is 0 Å². The summed E-state index contributed by atoms with van der Waals surface area (Å²) in [6, 6.07) is 0. The predicted molar refractivity (Wildman–Crippen MR) is 207 cm³/mol. The summed E-state index contributed by atoms with van der Waals surface area (Å²) in [6.45, 7) is 5.01. The van der Waals surface area contributed by atoms with Crippen LogP contribution in [0.1, 0.15) is 271 Å². The lowest BCUT2D eigenvalue weighted by Crippen LogP contribution is -2.01. The van der Waals surface area contributed by atoms with Crippen molar-refractivity contribution in [2.75, 3.05) is 6.61 Å². The summed E-state index contributed by atoms with van der Waals surface area (Å²) in [7, 11) is 0. The largest absolute Gasteiger partial charge is 0.396 e. The molecule has 0 saturated heterocycles. The van der Waals surface area contributed by atoms with Gasteiger partial charge in [-0.15, -0.1) is 0 Å². The highest BCUT2D eigenvalue weighted by Gasteiger charge is 2.09. The Hall–Kier alpha value is -0.0400. The van der Waals surface area contributed by atoms with Crippen molar-refractivity contribution in [3.8, 4) is 0 Å². The predicted octanol–water partition coefficient (Wildman–Crippen LogP) is 16.2. The zero-order valence-electron chi connectivity index (χ0n) is 32.0. The second-order valence-electron chi connectivity index (χ2n) is 15.3. The Kier molecular flexibility index (Phi) is 41.9. The van der Waals surface area contributed by atoms with E-state index in [2.05, 4.69) is 13.8 Å². The van der Waals surface area contributed by atoms with E-state index in [0.29, 0.717) is 6.61 Å². The quantitative estimate of drug-likeness (QED) is 0.0663. The van der Waals surface area contributed by atoms with E-state index in [1.54, 1.807) is 0 Å². The minimum atomic E-state index is 0.374. The van der Waals surface area contributed by atoms with Gasteiger partial charge in [-0.3, -0.25) is 0 Å². The maximum atomic E-state index is 8.86. The zero-order chi connectivity index (χ0) is 32.6. The molecule has 0 rings (SSSR count). The second kappa shape index (κ2) is 42.0. The standard InChI is InChI=1S/C44H90O/c1-3-5-7-9-11-13-15-21-25-29-33-37-41-44(40-36-32-28-24-14-12-10-8-6-4-2)42-38-34-30-26-22-19-17-16-18-20-23-27-31-35-39-43-45/h44-45H,3-43H2,1-2H3. The van der Waals surface area contributed by atoms with Gasteiger partial charge in [0.1, 0.15) is 0 Å². The van der Waals surface area contributed by atoms with Crippen LogP contribution in [-0.2, 0) is 0 Å². The molecule has 272 valence electrons. The van der Waals surface area contributed by atoms with Crippen LogP contribution < -0.4 is 0 Å². The molecule has 0 heterocycles. The highest BCUT2D eigenvalue weighted by Crippen LogP contribution is 2.25. The Bertz CT molecular complexity index is 487. The molecule has 1 N–H and O–H groups in total. The molecule has 0 bridgehead atoms. The second-order valence-corrected chi connectivity index (χ2v) is 15.3. The van der Waals surface area contributed by atoms with Crippen LogP contribution in [0.4, 0.5) is 0 Å². The Labute approximate surface area is 287 Å². The number of hydrogen-bond donors (Lipinski definition) is 1. The first-order chi connectivity index (χ1) is 22.3. The molecule has 0 aromatic rings. The molecule has 0 spiro atoms. The van der Waals surface area contributed by atoms with E-state index >= 15 is 0 Å². The van der Waals surface area contributed by atoms with Crippen molar-refractivity contribution in [3.63, 3.8) is 0 Å². The van der Waals surface area contributed by atoms with E-state index in [1.165, 1.54) is 250 Å². The van der Waals surface area contributed by atoms with Gasteiger partial charge in [0.25, 0.3) is 0 Å². The molecule has 0 saturated carbocycles. The molecular weight excluding hydrogens is 544 g/mol. The van der Waals surface area contributed by atoms with Crippen LogP contribution in [0.15, 0.2) is 0 Å². The van der Waals surface area contributed by atoms with Gasteiger partial charge in [0.05, 0.1) is 0 Å². The van der Waals surface area contributed by atoms with Crippen molar-refractivity contribution in [1.29, 1.82) is 0 Å². The lowest BCUT2D eigenvalue weighted by Gasteiger charge is -2.17. The monoisotopic (exact) mass is 635 g/mol. The molecule has 0 fully saturated rings. The average Bonchev–Trinajstić information content (AvgIpc) is 3.05. The van der Waals surface area contributed by atoms with Crippen LogP contribution in [0.5, 0.6) is 0 Å². The molecule has 1 unspecified atom stereocenters. The highest BCUT2D eigenvalue weighted by atomic mass is 16.2. The Morgan fingerprint density at radius 2 is 0.422 bits per heavy atom. The van der Waals surface area contributed by atoms with Crippen LogP contribution in [0, 0.1) is 5.92 Å². The van der Waals surface area contributed by atoms with Crippen LogP contribution in [0.2, 0.25) is 0 Å². The summed E-state index contributed by atoms with van der Waals surface area (Å²) in [4.78, 5) is 0. The van der Waals surface area contributed by atoms with E-state index < -0.39 is 0 Å². The summed E-state index contributed by atoms with van der Waals surface area (Å²) in [5.41, 5.74) is 0. The fourth-order valence-corrected chi connectivity index (χ4v) is 7.47. The van der Waals surface area contributed by atoms with Crippen molar-refractivity contribution >= 4 is 0 Å². The number of aliphatic hydroxyl groups is 1. The third-order valence-electron chi connectivity index (χ3n) is 10.7. The van der Waals surface area contributed by atoms with Crippen LogP contribution in [0.25, 0.3) is 0 Å². The van der Waals surface area contributed by atoms with Gasteiger partial charge >= 0.3 is 0 Å². The number of aliphatic hydroxyl groups excluding tert-OH is 1. The summed E-state index contributed by atoms with van der Waals surface area (Å²) < 4.78 is 0. The molecule has 0 aliphatic rings. The lowest BCUT2D eigenvalue weighted by atomic mass is 9.89. The molecule has 45 heavy (non-hydrogen) atoms. The number of unbranched alkanes of at least 4 members (excludes halogenated alkanes) is 34. The minimum absolute atomic E-state index is 0.374. The molecule has 0 aliphatic carbocycles. The minimum Gasteiger partial charge on any atom is -0.396 e. The van der Waals surface area contributed by atoms with E-state index in [9.17, 15) is 0 Å². The fourth-order valence-electron chi connectivity index (χ4n) is 7.47. The van der Waals surface area contributed by atoms with Crippen molar-refractivity contribution < 1.29 is 5.11 Å². The molecule has 0 radical (unpaired) electrons. The molecule has 0 aromatic carbocycles. The third kappa shape index (κ3) is 40.1. The normalized spacial score (nSPS) is 12.3. The summed E-state index contributed by atoms with van der Waals surface area (Å²) in [5.74, 6) is 1.02. The Morgan fingerprint density at radius 1 is 0.244 bits per heavy atom. The molecular formula is C44H90O. The van der Waals surface area contributed by atoms with Crippen molar-refractivity contribution in [3.05, 3.63) is 0 Å². The number of hydrogen-bond acceptors (Lipinski definition) is 1. The van der Waals surface area contributed by atoms with Crippen molar-refractivity contribution in [2.45, 2.75) is 271 Å². The van der Waals surface area contributed by atoms with E-state index in [-0.39, 0.29) is 0 Å². The van der Waals surface area contributed by atoms with Crippen molar-refractivity contribution in [2.24, 2.45) is 5.92 Å². The van der Waals surface area contributed by atoms with Gasteiger partial charge in [-0.2, -0.15) is 0 Å². The molecule has 0 amide bonds. The van der Waals surface area contributed by atoms with Gasteiger partial charge in [-0.25, -0.2) is 0 Å². The van der Waals surface area contributed by atoms with Gasteiger partial charge in [-0.1, -0.05) is 264 Å². The van der Waals surface area contributed by atoms with Crippen LogP contribution in [-0.4, -0.2) is 11.7 Å². The molecule has 0 aromatic heterocycles. The Morgan fingerprint density at radius 3 is 0.622 bits per heavy atom.